The van der Waals surface area contributed by atoms with E-state index in [1.165, 1.54) is 6.92 Å². The Labute approximate surface area is 231 Å². The normalized spacial score (nSPS) is 11.0. The first-order valence-electron chi connectivity index (χ1n) is 13.2. The highest BCUT2D eigenvalue weighted by Gasteiger charge is 1.97. The summed E-state index contributed by atoms with van der Waals surface area (Å²) < 4.78 is 53.5. The van der Waals surface area contributed by atoms with Gasteiger partial charge in [0, 0.05) is 12.5 Å². The number of carbonyl (C=O) groups is 2. The Hall–Kier alpha value is -2.16. The zero-order valence-electron chi connectivity index (χ0n) is 23.0. The standard InChI is InChI=1S/C27H44O12/c1-25(29)38-22-20-36-18-16-34-14-12-32-10-8-30-6-7-31-9-11-33-13-15-35-17-19-37-21-23-39-27-4-2-26(24-28)3-5-27/h2-5,24H,6-23H2,1H3. The van der Waals surface area contributed by atoms with Gasteiger partial charge < -0.3 is 47.4 Å². The van der Waals surface area contributed by atoms with E-state index in [-0.39, 0.29) is 12.6 Å². The Bertz CT molecular complexity index is 686. The van der Waals surface area contributed by atoms with Gasteiger partial charge in [0.2, 0.25) is 0 Å². The lowest BCUT2D eigenvalue weighted by Gasteiger charge is -2.09. The van der Waals surface area contributed by atoms with Crippen LogP contribution in [-0.2, 0) is 47.4 Å². The Kier molecular flexibility index (Phi) is 24.5. The van der Waals surface area contributed by atoms with Gasteiger partial charge >= 0.3 is 5.97 Å². The number of carbonyl (C=O) groups excluding carboxylic acids is 2. The van der Waals surface area contributed by atoms with Crippen molar-refractivity contribution < 1.29 is 57.0 Å². The molecule has 0 atom stereocenters. The second kappa shape index (κ2) is 27.4. The van der Waals surface area contributed by atoms with Crippen LogP contribution < -0.4 is 4.74 Å². The van der Waals surface area contributed by atoms with Gasteiger partial charge in [0.1, 0.15) is 25.2 Å². The third-order valence-electron chi connectivity index (χ3n) is 4.65. The van der Waals surface area contributed by atoms with Gasteiger partial charge in [-0.25, -0.2) is 0 Å². The van der Waals surface area contributed by atoms with Crippen LogP contribution in [0.2, 0.25) is 0 Å². The van der Waals surface area contributed by atoms with Gasteiger partial charge in [0.05, 0.1) is 106 Å². The second-order valence-corrected chi connectivity index (χ2v) is 7.77. The highest BCUT2D eigenvalue weighted by molar-refractivity contribution is 5.74. The van der Waals surface area contributed by atoms with Crippen LogP contribution in [0.15, 0.2) is 24.3 Å². The van der Waals surface area contributed by atoms with Crippen molar-refractivity contribution >= 4 is 12.3 Å². The molecule has 224 valence electrons. The van der Waals surface area contributed by atoms with E-state index in [1.54, 1.807) is 24.3 Å². The molecule has 0 aliphatic carbocycles. The summed E-state index contributed by atoms with van der Waals surface area (Å²) in [4.78, 5) is 21.2. The molecule has 0 aliphatic heterocycles. The highest BCUT2D eigenvalue weighted by atomic mass is 16.6. The van der Waals surface area contributed by atoms with Crippen LogP contribution >= 0.6 is 0 Å². The van der Waals surface area contributed by atoms with E-state index in [0.29, 0.717) is 124 Å². The van der Waals surface area contributed by atoms with Crippen molar-refractivity contribution in [3.05, 3.63) is 29.8 Å². The molecule has 0 unspecified atom stereocenters. The first-order chi connectivity index (χ1) is 19.2. The van der Waals surface area contributed by atoms with E-state index in [0.717, 1.165) is 6.29 Å². The molecule has 0 radical (unpaired) electrons. The zero-order chi connectivity index (χ0) is 28.1. The van der Waals surface area contributed by atoms with Crippen molar-refractivity contribution in [1.82, 2.24) is 0 Å². The van der Waals surface area contributed by atoms with Crippen LogP contribution in [0, 0.1) is 0 Å². The molecule has 0 fully saturated rings. The topological polar surface area (TPSA) is 126 Å². The molecule has 0 aliphatic rings. The maximum Gasteiger partial charge on any atom is 0.302 e. The monoisotopic (exact) mass is 560 g/mol. The third-order valence-corrected chi connectivity index (χ3v) is 4.65. The van der Waals surface area contributed by atoms with E-state index in [1.807, 2.05) is 0 Å². The molecule has 1 aromatic carbocycles. The summed E-state index contributed by atoms with van der Waals surface area (Å²) >= 11 is 0. The van der Waals surface area contributed by atoms with E-state index in [9.17, 15) is 9.59 Å². The molecule has 1 aromatic rings. The smallest absolute Gasteiger partial charge is 0.302 e. The van der Waals surface area contributed by atoms with Crippen molar-refractivity contribution in [3.8, 4) is 5.75 Å². The van der Waals surface area contributed by atoms with Gasteiger partial charge in [-0.15, -0.1) is 0 Å². The Morgan fingerprint density at radius 1 is 0.513 bits per heavy atom. The average Bonchev–Trinajstić information content (AvgIpc) is 2.94. The second-order valence-electron chi connectivity index (χ2n) is 7.77. The first-order valence-corrected chi connectivity index (χ1v) is 13.2. The number of hydrogen-bond acceptors (Lipinski definition) is 12. The SMILES string of the molecule is CC(=O)OCCOCCOCCOCCOCCOCCOCCOCCOCCOc1ccc(C=O)cc1. The lowest BCUT2D eigenvalue weighted by Crippen LogP contribution is -2.15. The number of benzene rings is 1. The van der Waals surface area contributed by atoms with Crippen LogP contribution in [0.3, 0.4) is 0 Å². The molecule has 0 amide bonds. The van der Waals surface area contributed by atoms with Gasteiger partial charge in [0.15, 0.2) is 0 Å². The summed E-state index contributed by atoms with van der Waals surface area (Å²) in [5.41, 5.74) is 0.616. The Morgan fingerprint density at radius 3 is 1.13 bits per heavy atom. The summed E-state index contributed by atoms with van der Waals surface area (Å²) in [6.45, 7) is 9.61. The van der Waals surface area contributed by atoms with Crippen LogP contribution in [0.25, 0.3) is 0 Å². The average molecular weight is 561 g/mol. The molecule has 39 heavy (non-hydrogen) atoms. The summed E-state index contributed by atoms with van der Waals surface area (Å²) in [7, 11) is 0. The number of rotatable bonds is 29. The lowest BCUT2D eigenvalue weighted by atomic mass is 10.2. The molecule has 0 saturated carbocycles. The lowest BCUT2D eigenvalue weighted by molar-refractivity contribution is -0.142. The number of aldehydes is 1. The molecular weight excluding hydrogens is 516 g/mol. The van der Waals surface area contributed by atoms with E-state index in [2.05, 4.69) is 0 Å². The van der Waals surface area contributed by atoms with Crippen molar-refractivity contribution in [2.45, 2.75) is 6.92 Å². The number of hydrogen-bond donors (Lipinski definition) is 0. The van der Waals surface area contributed by atoms with Crippen molar-refractivity contribution in [2.24, 2.45) is 0 Å². The molecule has 0 aromatic heterocycles. The minimum Gasteiger partial charge on any atom is -0.491 e. The third kappa shape index (κ3) is 24.6. The van der Waals surface area contributed by atoms with Gasteiger partial charge in [-0.05, 0) is 24.3 Å². The van der Waals surface area contributed by atoms with Crippen molar-refractivity contribution in [3.63, 3.8) is 0 Å². The van der Waals surface area contributed by atoms with Crippen molar-refractivity contribution in [1.29, 1.82) is 0 Å². The predicted octanol–water partition coefficient (Wildman–Crippen LogP) is 1.57. The molecule has 0 heterocycles. The maximum absolute atomic E-state index is 10.6. The molecule has 0 N–H and O–H groups in total. The summed E-state index contributed by atoms with van der Waals surface area (Å²) in [6.07, 6.45) is 0.795. The molecule has 0 bridgehead atoms. The van der Waals surface area contributed by atoms with Crippen LogP contribution in [0.1, 0.15) is 17.3 Å². The quantitative estimate of drug-likeness (QED) is 0.0802. The van der Waals surface area contributed by atoms with E-state index in [4.69, 9.17) is 47.4 Å². The van der Waals surface area contributed by atoms with Gasteiger partial charge in [-0.3, -0.25) is 9.59 Å². The molecule has 12 nitrogen and oxygen atoms in total. The maximum atomic E-state index is 10.6. The number of ether oxygens (including phenoxy) is 10. The molecule has 0 saturated heterocycles. The van der Waals surface area contributed by atoms with Crippen LogP contribution in [0.5, 0.6) is 5.75 Å². The largest absolute Gasteiger partial charge is 0.491 e. The minimum atomic E-state index is -0.313. The Balaban J connectivity index is 1.66. The van der Waals surface area contributed by atoms with Crippen LogP contribution in [0.4, 0.5) is 0 Å². The van der Waals surface area contributed by atoms with Gasteiger partial charge in [0.25, 0.3) is 0 Å². The fourth-order valence-corrected chi connectivity index (χ4v) is 2.75. The van der Waals surface area contributed by atoms with Crippen molar-refractivity contribution in [2.75, 3.05) is 119 Å². The molecule has 12 heteroatoms. The minimum absolute atomic E-state index is 0.256. The van der Waals surface area contributed by atoms with Gasteiger partial charge in [-0.1, -0.05) is 0 Å². The zero-order valence-corrected chi connectivity index (χ0v) is 23.0. The van der Waals surface area contributed by atoms with E-state index < -0.39 is 0 Å². The fourth-order valence-electron chi connectivity index (χ4n) is 2.75. The molecular formula is C27H44O12. The summed E-state index contributed by atoms with van der Waals surface area (Å²) in [5.74, 6) is 0.388. The predicted molar refractivity (Wildman–Crippen MR) is 141 cm³/mol. The molecule has 1 rings (SSSR count). The van der Waals surface area contributed by atoms with Crippen LogP contribution in [-0.4, -0.2) is 131 Å². The Morgan fingerprint density at radius 2 is 0.821 bits per heavy atom. The summed E-state index contributed by atoms with van der Waals surface area (Å²) in [6, 6.07) is 6.92. The first kappa shape index (κ1) is 34.9. The summed E-state index contributed by atoms with van der Waals surface area (Å²) in [5, 5.41) is 0. The van der Waals surface area contributed by atoms with Gasteiger partial charge in [-0.2, -0.15) is 0 Å². The number of esters is 1. The van der Waals surface area contributed by atoms with E-state index >= 15 is 0 Å². The molecule has 0 spiro atoms. The fraction of sp³-hybridized carbons (Fsp3) is 0.704. The highest BCUT2D eigenvalue weighted by Crippen LogP contribution is 2.10.